The Balaban J connectivity index is 1.08. The lowest BCUT2D eigenvalue weighted by Crippen LogP contribution is -2.40. The minimum atomic E-state index is -0.539. The van der Waals surface area contributed by atoms with Gasteiger partial charge < -0.3 is 15.3 Å². The zero-order valence-electron chi connectivity index (χ0n) is 21.3. The van der Waals surface area contributed by atoms with Crippen molar-refractivity contribution in [2.24, 2.45) is 17.8 Å². The third kappa shape index (κ3) is 7.85. The third-order valence-electron chi connectivity index (χ3n) is 8.81. The number of carbonyl (C=O) groups excluding carboxylic acids is 2. The number of carbonyl (C=O) groups is 2. The first kappa shape index (κ1) is 26.3. The van der Waals surface area contributed by atoms with Crippen molar-refractivity contribution in [1.29, 1.82) is 0 Å². The average molecular weight is 487 g/mol. The first-order chi connectivity index (χ1) is 16.8. The Morgan fingerprint density at radius 1 is 0.971 bits per heavy atom. The van der Waals surface area contributed by atoms with Crippen molar-refractivity contribution in [2.45, 2.75) is 95.6 Å². The van der Waals surface area contributed by atoms with Crippen molar-refractivity contribution in [3.63, 3.8) is 0 Å². The van der Waals surface area contributed by atoms with Crippen LogP contribution in [0.4, 0.5) is 4.39 Å². The fourth-order valence-electron chi connectivity index (χ4n) is 6.28. The second kappa shape index (κ2) is 12.0. The van der Waals surface area contributed by atoms with E-state index in [1.165, 1.54) is 31.4 Å². The molecule has 1 saturated heterocycles. The van der Waals surface area contributed by atoms with Crippen LogP contribution in [0.3, 0.4) is 0 Å². The molecule has 2 aliphatic carbocycles. The molecule has 0 radical (unpaired) electrons. The van der Waals surface area contributed by atoms with Crippen LogP contribution in [0.2, 0.25) is 0 Å². The number of hydrogen-bond donors (Lipinski definition) is 2. The molecule has 3 fully saturated rings. The number of likely N-dealkylation sites (tertiary alicyclic amines) is 1. The Hall–Kier alpha value is -1.79. The maximum Gasteiger partial charge on any atom is 0.220 e. The normalized spacial score (nSPS) is 30.7. The van der Waals surface area contributed by atoms with Crippen LogP contribution in [0.15, 0.2) is 24.3 Å². The fraction of sp³-hybridized carbons (Fsp3) is 0.724. The fourth-order valence-corrected chi connectivity index (χ4v) is 6.28. The molecule has 1 aromatic rings. The van der Waals surface area contributed by atoms with Crippen molar-refractivity contribution >= 4 is 11.7 Å². The topological polar surface area (TPSA) is 69.6 Å². The predicted octanol–water partition coefficient (Wildman–Crippen LogP) is 5.12. The van der Waals surface area contributed by atoms with Crippen LogP contribution in [0, 0.1) is 23.6 Å². The van der Waals surface area contributed by atoms with Gasteiger partial charge in [0.2, 0.25) is 5.91 Å². The molecular weight excluding hydrogens is 443 g/mol. The van der Waals surface area contributed by atoms with Crippen LogP contribution < -0.4 is 5.32 Å². The largest absolute Gasteiger partial charge is 0.390 e. The molecule has 1 heterocycles. The molecule has 3 aliphatic rings. The highest BCUT2D eigenvalue weighted by Gasteiger charge is 2.31. The van der Waals surface area contributed by atoms with Gasteiger partial charge in [-0.15, -0.1) is 0 Å². The Kier molecular flexibility index (Phi) is 8.98. The molecule has 2 saturated carbocycles. The highest BCUT2D eigenvalue weighted by Crippen LogP contribution is 2.34. The first-order valence-electron chi connectivity index (χ1n) is 13.8. The van der Waals surface area contributed by atoms with Gasteiger partial charge >= 0.3 is 0 Å². The molecule has 2 N–H and O–H groups in total. The number of aliphatic hydroxyl groups is 1. The number of piperidine rings is 1. The molecule has 1 aromatic carbocycles. The van der Waals surface area contributed by atoms with Gasteiger partial charge in [-0.3, -0.25) is 9.59 Å². The second-order valence-electron chi connectivity index (χ2n) is 11.7. The summed E-state index contributed by atoms with van der Waals surface area (Å²) in [5.41, 5.74) is 0.0865. The van der Waals surface area contributed by atoms with Gasteiger partial charge in [0.25, 0.3) is 0 Å². The summed E-state index contributed by atoms with van der Waals surface area (Å²) in [5.74, 6) is 1.24. The Morgan fingerprint density at radius 3 is 2.23 bits per heavy atom. The van der Waals surface area contributed by atoms with E-state index >= 15 is 0 Å². The summed E-state index contributed by atoms with van der Waals surface area (Å²) in [6.07, 6.45) is 11.6. The lowest BCUT2D eigenvalue weighted by Gasteiger charge is -2.35. The number of nitrogens with one attached hydrogen (secondary N) is 1. The van der Waals surface area contributed by atoms with Crippen molar-refractivity contribution in [2.75, 3.05) is 19.6 Å². The minimum Gasteiger partial charge on any atom is -0.390 e. The SMILES string of the molecule is C[C@]1(O)CC[C@@H](CC(=O)N[C@H]2CC[C@H](CCN3CCC(C(=O)c4ccc(F)cc4)CC3)CC2)CC1. The molecule has 0 spiro atoms. The summed E-state index contributed by atoms with van der Waals surface area (Å²) in [6.45, 7) is 4.91. The van der Waals surface area contributed by atoms with Crippen LogP contribution in [0.5, 0.6) is 0 Å². The number of rotatable bonds is 8. The maximum absolute atomic E-state index is 13.1. The highest BCUT2D eigenvalue weighted by atomic mass is 19.1. The van der Waals surface area contributed by atoms with E-state index < -0.39 is 5.60 Å². The van der Waals surface area contributed by atoms with E-state index in [1.807, 2.05) is 6.92 Å². The third-order valence-corrected chi connectivity index (χ3v) is 8.81. The smallest absolute Gasteiger partial charge is 0.220 e. The monoisotopic (exact) mass is 486 g/mol. The van der Waals surface area contributed by atoms with Crippen LogP contribution in [0.1, 0.15) is 94.3 Å². The molecule has 5 nitrogen and oxygen atoms in total. The van der Waals surface area contributed by atoms with Gasteiger partial charge in [-0.1, -0.05) is 0 Å². The molecule has 194 valence electrons. The van der Waals surface area contributed by atoms with Crippen LogP contribution >= 0.6 is 0 Å². The van der Waals surface area contributed by atoms with Gasteiger partial charge in [-0.05, 0) is 133 Å². The lowest BCUT2D eigenvalue weighted by atomic mass is 9.78. The second-order valence-corrected chi connectivity index (χ2v) is 11.7. The van der Waals surface area contributed by atoms with E-state index in [2.05, 4.69) is 10.2 Å². The van der Waals surface area contributed by atoms with Crippen molar-refractivity contribution in [1.82, 2.24) is 10.2 Å². The van der Waals surface area contributed by atoms with Gasteiger partial charge in [0, 0.05) is 23.9 Å². The van der Waals surface area contributed by atoms with Gasteiger partial charge in [-0.25, -0.2) is 4.39 Å². The van der Waals surface area contributed by atoms with Crippen LogP contribution in [-0.2, 0) is 4.79 Å². The summed E-state index contributed by atoms with van der Waals surface area (Å²) in [7, 11) is 0. The number of hydrogen-bond acceptors (Lipinski definition) is 4. The van der Waals surface area contributed by atoms with Gasteiger partial charge in [0.1, 0.15) is 5.82 Å². The number of Topliss-reactive ketones (excluding diaryl/α,β-unsaturated/α-hetero) is 1. The predicted molar refractivity (Wildman–Crippen MR) is 136 cm³/mol. The first-order valence-corrected chi connectivity index (χ1v) is 13.8. The molecule has 6 heteroatoms. The van der Waals surface area contributed by atoms with Crippen molar-refractivity contribution < 1.29 is 19.1 Å². The van der Waals surface area contributed by atoms with Crippen molar-refractivity contribution in [3.8, 4) is 0 Å². The van der Waals surface area contributed by atoms with E-state index in [0.717, 1.165) is 76.9 Å². The zero-order valence-corrected chi connectivity index (χ0v) is 21.3. The minimum absolute atomic E-state index is 0.0533. The summed E-state index contributed by atoms with van der Waals surface area (Å²) in [4.78, 5) is 27.7. The van der Waals surface area contributed by atoms with Gasteiger partial charge in [0.05, 0.1) is 5.60 Å². The molecule has 35 heavy (non-hydrogen) atoms. The van der Waals surface area contributed by atoms with Gasteiger partial charge in [0.15, 0.2) is 5.78 Å². The summed E-state index contributed by atoms with van der Waals surface area (Å²) < 4.78 is 13.1. The summed E-state index contributed by atoms with van der Waals surface area (Å²) in [6, 6.07) is 6.25. The molecule has 0 aromatic heterocycles. The molecule has 1 amide bonds. The maximum atomic E-state index is 13.1. The van der Waals surface area contributed by atoms with Gasteiger partial charge in [-0.2, -0.15) is 0 Å². The molecule has 1 aliphatic heterocycles. The Labute approximate surface area is 209 Å². The van der Waals surface area contributed by atoms with E-state index in [1.54, 1.807) is 12.1 Å². The lowest BCUT2D eigenvalue weighted by molar-refractivity contribution is -0.123. The Morgan fingerprint density at radius 2 is 1.60 bits per heavy atom. The average Bonchev–Trinajstić information content (AvgIpc) is 2.85. The number of ketones is 1. The van der Waals surface area contributed by atoms with E-state index in [9.17, 15) is 19.1 Å². The van der Waals surface area contributed by atoms with E-state index in [4.69, 9.17) is 0 Å². The summed E-state index contributed by atoms with van der Waals surface area (Å²) in [5, 5.41) is 13.4. The molecule has 0 atom stereocenters. The number of halogens is 1. The van der Waals surface area contributed by atoms with E-state index in [0.29, 0.717) is 23.9 Å². The highest BCUT2D eigenvalue weighted by molar-refractivity contribution is 5.97. The number of nitrogens with zero attached hydrogens (tertiary/aromatic N) is 1. The van der Waals surface area contributed by atoms with Crippen LogP contribution in [-0.4, -0.2) is 53.0 Å². The zero-order chi connectivity index (χ0) is 24.8. The molecule has 0 bridgehead atoms. The molecular formula is C29H43FN2O3. The van der Waals surface area contributed by atoms with Crippen molar-refractivity contribution in [3.05, 3.63) is 35.6 Å². The molecule has 0 unspecified atom stereocenters. The standard InChI is InChI=1S/C29H43FN2O3/c1-29(35)15-10-22(11-16-29)20-27(33)31-26-8-2-21(3-9-26)12-17-32-18-13-24(14-19-32)28(34)23-4-6-25(30)7-5-23/h4-7,21-22,24,26,35H,2-3,8-20H2,1H3,(H,31,33)/t21-,22-,26-,29+. The number of amides is 1. The quantitative estimate of drug-likeness (QED) is 0.501. The summed E-state index contributed by atoms with van der Waals surface area (Å²) >= 11 is 0. The molecule has 4 rings (SSSR count). The van der Waals surface area contributed by atoms with Crippen LogP contribution in [0.25, 0.3) is 0 Å². The Bertz CT molecular complexity index is 830. The number of benzene rings is 1. The van der Waals surface area contributed by atoms with E-state index in [-0.39, 0.29) is 23.4 Å².